The third-order valence-electron chi connectivity index (χ3n) is 3.23. The first-order valence-corrected chi connectivity index (χ1v) is 6.57. The Balaban J connectivity index is 1.61. The summed E-state index contributed by atoms with van der Waals surface area (Å²) in [5.41, 5.74) is 1.42. The molecule has 2 rings (SSSR count). The molecule has 1 aromatic carbocycles. The first-order chi connectivity index (χ1) is 8.86. The van der Waals surface area contributed by atoms with E-state index in [0.29, 0.717) is 5.92 Å². The molecule has 18 heavy (non-hydrogen) atoms. The highest BCUT2D eigenvalue weighted by atomic mass is 15.0. The van der Waals surface area contributed by atoms with Gasteiger partial charge in [-0.3, -0.25) is 0 Å². The van der Waals surface area contributed by atoms with E-state index in [4.69, 9.17) is 0 Å². The lowest BCUT2D eigenvalue weighted by Gasteiger charge is -2.12. The lowest BCUT2D eigenvalue weighted by atomic mass is 9.98. The molecule has 0 amide bonds. The Morgan fingerprint density at radius 2 is 2.06 bits per heavy atom. The Morgan fingerprint density at radius 3 is 2.78 bits per heavy atom. The monoisotopic (exact) mass is 243 g/mol. The predicted octanol–water partition coefficient (Wildman–Crippen LogP) is 2.67. The molecular weight excluding hydrogens is 222 g/mol. The van der Waals surface area contributed by atoms with Crippen molar-refractivity contribution in [3.05, 3.63) is 54.6 Å². The zero-order valence-electron chi connectivity index (χ0n) is 10.9. The maximum Gasteiger partial charge on any atom is 0.0946 e. The van der Waals surface area contributed by atoms with E-state index in [2.05, 4.69) is 52.1 Å². The van der Waals surface area contributed by atoms with Crippen LogP contribution in [0.1, 0.15) is 24.8 Å². The van der Waals surface area contributed by atoms with Gasteiger partial charge in [0.25, 0.3) is 0 Å². The van der Waals surface area contributed by atoms with Crippen molar-refractivity contribution < 1.29 is 0 Å². The molecule has 0 fully saturated rings. The van der Waals surface area contributed by atoms with E-state index >= 15 is 0 Å². The fourth-order valence-corrected chi connectivity index (χ4v) is 2.02. The zero-order chi connectivity index (χ0) is 12.6. The second kappa shape index (κ2) is 6.97. The van der Waals surface area contributed by atoms with Crippen molar-refractivity contribution in [3.63, 3.8) is 0 Å². The fraction of sp³-hybridized carbons (Fsp3) is 0.400. The molecule has 2 aromatic rings. The molecule has 0 saturated heterocycles. The molecule has 0 spiro atoms. The Labute approximate surface area is 109 Å². The third kappa shape index (κ3) is 4.00. The largest absolute Gasteiger partial charge is 0.336 e. The van der Waals surface area contributed by atoms with Gasteiger partial charge in [-0.25, -0.2) is 4.98 Å². The van der Waals surface area contributed by atoms with Crippen LogP contribution in [0.5, 0.6) is 0 Å². The van der Waals surface area contributed by atoms with E-state index in [-0.39, 0.29) is 0 Å². The van der Waals surface area contributed by atoms with Crippen LogP contribution in [0.15, 0.2) is 49.1 Å². The highest BCUT2D eigenvalue weighted by molar-refractivity contribution is 5.18. The summed E-state index contributed by atoms with van der Waals surface area (Å²) in [5.74, 6) is 0.618. The zero-order valence-corrected chi connectivity index (χ0v) is 10.9. The average Bonchev–Trinajstić information content (AvgIpc) is 2.92. The first kappa shape index (κ1) is 12.8. The molecule has 1 atom stereocenters. The van der Waals surface area contributed by atoms with Crippen LogP contribution in [0, 0.1) is 0 Å². The van der Waals surface area contributed by atoms with Crippen molar-refractivity contribution in [2.45, 2.75) is 25.8 Å². The highest BCUT2D eigenvalue weighted by Gasteiger charge is 2.03. The lowest BCUT2D eigenvalue weighted by molar-refractivity contribution is 0.557. The van der Waals surface area contributed by atoms with Crippen LogP contribution in [0.25, 0.3) is 0 Å². The summed E-state index contributed by atoms with van der Waals surface area (Å²) < 4.78 is 2.09. The Kier molecular flexibility index (Phi) is 4.97. The van der Waals surface area contributed by atoms with Crippen LogP contribution in [-0.4, -0.2) is 22.6 Å². The maximum absolute atomic E-state index is 4.02. The summed E-state index contributed by atoms with van der Waals surface area (Å²) in [7, 11) is 0. The van der Waals surface area contributed by atoms with Crippen molar-refractivity contribution in [3.8, 4) is 0 Å². The van der Waals surface area contributed by atoms with Crippen LogP contribution in [0.2, 0.25) is 0 Å². The normalized spacial score (nSPS) is 12.5. The Bertz CT molecular complexity index is 422. The van der Waals surface area contributed by atoms with Crippen molar-refractivity contribution in [1.82, 2.24) is 14.9 Å². The molecule has 0 saturated carbocycles. The standard InChI is InChI=1S/C15H21N3/c1-14(15-5-3-2-4-6-15)7-8-16-9-11-18-12-10-17-13-18/h2-6,10,12-14,16H,7-9,11H2,1H3. The van der Waals surface area contributed by atoms with Gasteiger partial charge in [0.05, 0.1) is 6.33 Å². The van der Waals surface area contributed by atoms with E-state index in [1.165, 1.54) is 12.0 Å². The molecule has 1 aromatic heterocycles. The molecule has 96 valence electrons. The average molecular weight is 243 g/mol. The number of nitrogens with zero attached hydrogens (tertiary/aromatic N) is 2. The van der Waals surface area contributed by atoms with Crippen molar-refractivity contribution in [2.75, 3.05) is 13.1 Å². The number of imidazole rings is 1. The fourth-order valence-electron chi connectivity index (χ4n) is 2.02. The number of hydrogen-bond acceptors (Lipinski definition) is 2. The van der Waals surface area contributed by atoms with Crippen molar-refractivity contribution in [2.24, 2.45) is 0 Å². The van der Waals surface area contributed by atoms with Gasteiger partial charge in [0.15, 0.2) is 0 Å². The topological polar surface area (TPSA) is 29.9 Å². The predicted molar refractivity (Wildman–Crippen MR) is 74.6 cm³/mol. The molecule has 0 aliphatic heterocycles. The van der Waals surface area contributed by atoms with Crippen LogP contribution in [0.3, 0.4) is 0 Å². The summed E-state index contributed by atoms with van der Waals surface area (Å²) in [4.78, 5) is 4.02. The number of benzene rings is 1. The van der Waals surface area contributed by atoms with Crippen LogP contribution in [-0.2, 0) is 6.54 Å². The van der Waals surface area contributed by atoms with Gasteiger partial charge in [-0.1, -0.05) is 37.3 Å². The van der Waals surface area contributed by atoms with Gasteiger partial charge in [-0.05, 0) is 24.4 Å². The summed E-state index contributed by atoms with van der Waals surface area (Å²) in [5, 5.41) is 3.48. The minimum Gasteiger partial charge on any atom is -0.336 e. The van der Waals surface area contributed by atoms with E-state index in [9.17, 15) is 0 Å². The second-order valence-corrected chi connectivity index (χ2v) is 4.65. The molecule has 0 bridgehead atoms. The third-order valence-corrected chi connectivity index (χ3v) is 3.23. The van der Waals surface area contributed by atoms with E-state index in [0.717, 1.165) is 19.6 Å². The first-order valence-electron chi connectivity index (χ1n) is 6.57. The number of hydrogen-bond donors (Lipinski definition) is 1. The highest BCUT2D eigenvalue weighted by Crippen LogP contribution is 2.17. The molecule has 0 radical (unpaired) electrons. The summed E-state index contributed by atoms with van der Waals surface area (Å²) in [6, 6.07) is 10.7. The van der Waals surface area contributed by atoms with Gasteiger partial charge in [-0.15, -0.1) is 0 Å². The van der Waals surface area contributed by atoms with Gasteiger partial charge >= 0.3 is 0 Å². The van der Waals surface area contributed by atoms with Crippen LogP contribution >= 0.6 is 0 Å². The summed E-state index contributed by atoms with van der Waals surface area (Å²) >= 11 is 0. The molecule has 1 heterocycles. The van der Waals surface area contributed by atoms with E-state index < -0.39 is 0 Å². The molecule has 3 nitrogen and oxygen atoms in total. The smallest absolute Gasteiger partial charge is 0.0946 e. The van der Waals surface area contributed by atoms with Gasteiger partial charge in [0.1, 0.15) is 0 Å². The van der Waals surface area contributed by atoms with Gasteiger partial charge in [0.2, 0.25) is 0 Å². The quantitative estimate of drug-likeness (QED) is 0.758. The van der Waals surface area contributed by atoms with E-state index in [1.54, 1.807) is 0 Å². The summed E-state index contributed by atoms with van der Waals surface area (Å²) in [6.45, 7) is 5.33. The molecule has 1 unspecified atom stereocenters. The van der Waals surface area contributed by atoms with Gasteiger partial charge in [0, 0.05) is 25.5 Å². The van der Waals surface area contributed by atoms with Crippen molar-refractivity contribution in [1.29, 1.82) is 0 Å². The number of nitrogens with one attached hydrogen (secondary N) is 1. The number of rotatable bonds is 7. The molecule has 0 aliphatic rings. The Morgan fingerprint density at radius 1 is 1.22 bits per heavy atom. The van der Waals surface area contributed by atoms with Gasteiger partial charge in [-0.2, -0.15) is 0 Å². The summed E-state index contributed by atoms with van der Waals surface area (Å²) in [6.07, 6.45) is 6.84. The lowest BCUT2D eigenvalue weighted by Crippen LogP contribution is -2.21. The Hall–Kier alpha value is -1.61. The van der Waals surface area contributed by atoms with Crippen LogP contribution < -0.4 is 5.32 Å². The molecule has 0 aliphatic carbocycles. The van der Waals surface area contributed by atoms with Crippen molar-refractivity contribution >= 4 is 0 Å². The second-order valence-electron chi connectivity index (χ2n) is 4.65. The molecular formula is C15H21N3. The minimum atomic E-state index is 0.618. The maximum atomic E-state index is 4.02. The number of aromatic nitrogens is 2. The van der Waals surface area contributed by atoms with Crippen LogP contribution in [0.4, 0.5) is 0 Å². The minimum absolute atomic E-state index is 0.618. The van der Waals surface area contributed by atoms with E-state index in [1.807, 2.05) is 18.7 Å². The van der Waals surface area contributed by atoms with Gasteiger partial charge < -0.3 is 9.88 Å². The SMILES string of the molecule is CC(CCNCCn1ccnc1)c1ccccc1. The molecule has 3 heteroatoms. The molecule has 1 N–H and O–H groups in total.